The van der Waals surface area contributed by atoms with Gasteiger partial charge in [-0.05, 0) is 31.4 Å². The molecule has 1 N–H and O–H groups in total. The highest BCUT2D eigenvalue weighted by Crippen LogP contribution is 2.24. The minimum Gasteiger partial charge on any atom is -0.497 e. The van der Waals surface area contributed by atoms with Crippen LogP contribution >= 0.6 is 0 Å². The van der Waals surface area contributed by atoms with Crippen LogP contribution in [0.15, 0.2) is 24.3 Å². The van der Waals surface area contributed by atoms with Crippen LogP contribution in [0.2, 0.25) is 0 Å². The second kappa shape index (κ2) is 7.21. The third kappa shape index (κ3) is 3.96. The molecule has 1 amide bonds. The van der Waals surface area contributed by atoms with Gasteiger partial charge in [0.2, 0.25) is 5.91 Å². The Hall–Kier alpha value is -1.75. The van der Waals surface area contributed by atoms with Crippen LogP contribution in [-0.4, -0.2) is 56.7 Å². The van der Waals surface area contributed by atoms with Crippen molar-refractivity contribution in [3.8, 4) is 5.75 Å². The van der Waals surface area contributed by atoms with Gasteiger partial charge in [0.25, 0.3) is 0 Å². The number of benzene rings is 1. The van der Waals surface area contributed by atoms with Crippen LogP contribution in [-0.2, 0) is 4.79 Å². The van der Waals surface area contributed by atoms with E-state index >= 15 is 0 Å². The lowest BCUT2D eigenvalue weighted by molar-refractivity contribution is -0.132. The number of likely N-dealkylation sites (tertiary alicyclic amines) is 1. The van der Waals surface area contributed by atoms with Crippen molar-refractivity contribution in [1.82, 2.24) is 10.2 Å². The van der Waals surface area contributed by atoms with Crippen molar-refractivity contribution in [2.24, 2.45) is 0 Å². The zero-order chi connectivity index (χ0) is 16.2. The number of likely N-dealkylation sites (N-methyl/N-ethyl adjacent to an activating group) is 1. The second-order valence-electron chi connectivity index (χ2n) is 6.64. The lowest BCUT2D eigenvalue weighted by Crippen LogP contribution is -2.52. The first kappa shape index (κ1) is 16.1. The summed E-state index contributed by atoms with van der Waals surface area (Å²) in [5.41, 5.74) is 1.24. The Morgan fingerprint density at radius 1 is 1.17 bits per heavy atom. The highest BCUT2D eigenvalue weighted by Gasteiger charge is 2.26. The SMILES string of the molecule is COc1cccc(N2CCC(NC3CCC(=O)N(C)C3)CC2)c1. The molecule has 2 fully saturated rings. The van der Waals surface area contributed by atoms with E-state index in [4.69, 9.17) is 4.74 Å². The second-order valence-corrected chi connectivity index (χ2v) is 6.64. The Labute approximate surface area is 138 Å². The molecule has 0 spiro atoms. The normalized spacial score (nSPS) is 23.2. The summed E-state index contributed by atoms with van der Waals surface area (Å²) in [5, 5.41) is 3.76. The summed E-state index contributed by atoms with van der Waals surface area (Å²) in [6.07, 6.45) is 3.94. The molecule has 1 unspecified atom stereocenters. The molecule has 1 aromatic rings. The van der Waals surface area contributed by atoms with Crippen molar-refractivity contribution in [2.75, 3.05) is 38.7 Å². The fourth-order valence-corrected chi connectivity index (χ4v) is 3.59. The van der Waals surface area contributed by atoms with E-state index in [1.54, 1.807) is 7.11 Å². The van der Waals surface area contributed by atoms with E-state index in [9.17, 15) is 4.79 Å². The molecule has 0 bridgehead atoms. The average Bonchev–Trinajstić information content (AvgIpc) is 2.59. The van der Waals surface area contributed by atoms with Crippen molar-refractivity contribution in [1.29, 1.82) is 0 Å². The summed E-state index contributed by atoms with van der Waals surface area (Å²) in [5.74, 6) is 1.19. The molecule has 126 valence electrons. The quantitative estimate of drug-likeness (QED) is 0.921. The van der Waals surface area contributed by atoms with E-state index in [2.05, 4.69) is 22.3 Å². The van der Waals surface area contributed by atoms with Gasteiger partial charge in [-0.2, -0.15) is 0 Å². The number of rotatable bonds is 4. The largest absolute Gasteiger partial charge is 0.497 e. The van der Waals surface area contributed by atoms with E-state index in [0.29, 0.717) is 18.5 Å². The molecule has 1 atom stereocenters. The maximum atomic E-state index is 11.6. The molecule has 2 aliphatic rings. The number of carbonyl (C=O) groups is 1. The molecular formula is C18H27N3O2. The smallest absolute Gasteiger partial charge is 0.222 e. The van der Waals surface area contributed by atoms with Gasteiger partial charge in [-0.15, -0.1) is 0 Å². The number of methoxy groups -OCH3 is 1. The number of nitrogens with zero attached hydrogens (tertiary/aromatic N) is 2. The van der Waals surface area contributed by atoms with Crippen molar-refractivity contribution in [3.63, 3.8) is 0 Å². The van der Waals surface area contributed by atoms with E-state index in [1.165, 1.54) is 5.69 Å². The first-order valence-electron chi connectivity index (χ1n) is 8.54. The molecule has 0 aromatic heterocycles. The van der Waals surface area contributed by atoms with Crippen LogP contribution in [0, 0.1) is 0 Å². The Balaban J connectivity index is 1.49. The van der Waals surface area contributed by atoms with Crippen LogP contribution in [0.3, 0.4) is 0 Å². The number of amides is 1. The van der Waals surface area contributed by atoms with Crippen molar-refractivity contribution >= 4 is 11.6 Å². The Kier molecular flexibility index (Phi) is 5.06. The van der Waals surface area contributed by atoms with Gasteiger partial charge in [0.1, 0.15) is 5.75 Å². The number of piperidine rings is 2. The van der Waals surface area contributed by atoms with Gasteiger partial charge in [0.15, 0.2) is 0 Å². The van der Waals surface area contributed by atoms with Crippen LogP contribution in [0.4, 0.5) is 5.69 Å². The Bertz CT molecular complexity index is 541. The molecule has 3 rings (SSSR count). The van der Waals surface area contributed by atoms with Gasteiger partial charge in [-0.25, -0.2) is 0 Å². The van der Waals surface area contributed by atoms with E-state index < -0.39 is 0 Å². The number of anilines is 1. The molecule has 2 aliphatic heterocycles. The van der Waals surface area contributed by atoms with E-state index in [1.807, 2.05) is 24.1 Å². The van der Waals surface area contributed by atoms with Gasteiger partial charge in [0, 0.05) is 56.9 Å². The van der Waals surface area contributed by atoms with E-state index in [-0.39, 0.29) is 5.91 Å². The Morgan fingerprint density at radius 3 is 2.65 bits per heavy atom. The van der Waals surface area contributed by atoms with Gasteiger partial charge in [-0.1, -0.05) is 6.07 Å². The van der Waals surface area contributed by atoms with Crippen LogP contribution < -0.4 is 15.0 Å². The van der Waals surface area contributed by atoms with Gasteiger partial charge in [-0.3, -0.25) is 4.79 Å². The molecule has 5 nitrogen and oxygen atoms in total. The number of hydrogen-bond acceptors (Lipinski definition) is 4. The predicted molar refractivity (Wildman–Crippen MR) is 92.0 cm³/mol. The number of carbonyl (C=O) groups excluding carboxylic acids is 1. The third-order valence-electron chi connectivity index (χ3n) is 5.01. The van der Waals surface area contributed by atoms with E-state index in [0.717, 1.165) is 44.6 Å². The summed E-state index contributed by atoms with van der Waals surface area (Å²) in [4.78, 5) is 15.8. The topological polar surface area (TPSA) is 44.8 Å². The first-order chi connectivity index (χ1) is 11.2. The van der Waals surface area contributed by atoms with Crippen LogP contribution in [0.25, 0.3) is 0 Å². The maximum absolute atomic E-state index is 11.6. The summed E-state index contributed by atoms with van der Waals surface area (Å²) >= 11 is 0. The highest BCUT2D eigenvalue weighted by atomic mass is 16.5. The van der Waals surface area contributed by atoms with Gasteiger partial charge in [0.05, 0.1) is 7.11 Å². The number of nitrogens with one attached hydrogen (secondary N) is 1. The third-order valence-corrected chi connectivity index (χ3v) is 5.01. The predicted octanol–water partition coefficient (Wildman–Crippen LogP) is 1.87. The minimum atomic E-state index is 0.274. The maximum Gasteiger partial charge on any atom is 0.222 e. The molecule has 5 heteroatoms. The van der Waals surface area contributed by atoms with Crippen molar-refractivity contribution in [3.05, 3.63) is 24.3 Å². The van der Waals surface area contributed by atoms with Crippen LogP contribution in [0.5, 0.6) is 5.75 Å². The Morgan fingerprint density at radius 2 is 1.96 bits per heavy atom. The molecule has 0 radical (unpaired) electrons. The van der Waals surface area contributed by atoms with Crippen molar-refractivity contribution < 1.29 is 9.53 Å². The highest BCUT2D eigenvalue weighted by molar-refractivity contribution is 5.76. The standard InChI is InChI=1S/C18H27N3O2/c1-20-13-15(6-7-18(20)22)19-14-8-10-21(11-9-14)16-4-3-5-17(12-16)23-2/h3-5,12,14-15,19H,6-11,13H2,1-2H3. The summed E-state index contributed by atoms with van der Waals surface area (Å²) in [7, 11) is 3.61. The average molecular weight is 317 g/mol. The zero-order valence-corrected chi connectivity index (χ0v) is 14.1. The monoisotopic (exact) mass is 317 g/mol. The molecule has 2 saturated heterocycles. The summed E-state index contributed by atoms with van der Waals surface area (Å²) < 4.78 is 5.31. The molecule has 0 saturated carbocycles. The van der Waals surface area contributed by atoms with Gasteiger partial charge >= 0.3 is 0 Å². The molecule has 2 heterocycles. The molecule has 0 aliphatic carbocycles. The first-order valence-corrected chi connectivity index (χ1v) is 8.54. The summed E-state index contributed by atoms with van der Waals surface area (Å²) in [6.45, 7) is 2.97. The lowest BCUT2D eigenvalue weighted by atomic mass is 9.99. The fraction of sp³-hybridized carbons (Fsp3) is 0.611. The lowest BCUT2D eigenvalue weighted by Gasteiger charge is -2.38. The number of ether oxygens (including phenoxy) is 1. The van der Waals surface area contributed by atoms with Gasteiger partial charge < -0.3 is 19.9 Å². The van der Waals surface area contributed by atoms with Crippen LogP contribution in [0.1, 0.15) is 25.7 Å². The minimum absolute atomic E-state index is 0.274. The fourth-order valence-electron chi connectivity index (χ4n) is 3.59. The molecule has 23 heavy (non-hydrogen) atoms. The van der Waals surface area contributed by atoms with Crippen molar-refractivity contribution in [2.45, 2.75) is 37.8 Å². The molecular weight excluding hydrogens is 290 g/mol. The summed E-state index contributed by atoms with van der Waals surface area (Å²) in [6, 6.07) is 9.30. The zero-order valence-electron chi connectivity index (χ0n) is 14.1. The number of hydrogen-bond donors (Lipinski definition) is 1. The molecule has 1 aromatic carbocycles.